The molecule has 0 radical (unpaired) electrons. The van der Waals surface area contributed by atoms with Gasteiger partial charge in [0.05, 0.1) is 6.04 Å². The highest BCUT2D eigenvalue weighted by Gasteiger charge is 2.12. The molecule has 2 rings (SSSR count). The number of aromatic amines is 1. The molecule has 21 heavy (non-hydrogen) atoms. The van der Waals surface area contributed by atoms with Crippen LogP contribution < -0.4 is 5.73 Å². The van der Waals surface area contributed by atoms with E-state index in [1.807, 2.05) is 59.9 Å². The lowest BCUT2D eigenvalue weighted by Gasteiger charge is -2.05. The van der Waals surface area contributed by atoms with Gasteiger partial charge in [-0.3, -0.25) is 4.79 Å². The zero-order valence-corrected chi connectivity index (χ0v) is 14.5. The molecule has 1 unspecified atom stereocenters. The van der Waals surface area contributed by atoms with Crippen molar-refractivity contribution in [3.63, 3.8) is 0 Å². The standard InChI is InChI=1S/C11H13N3O.3C2H6/c1-7(15)10(12)5-8-6-14-11-9(8)3-2-4-13-11;3*1-2/h2-4,6,10H,5,12H2,1H3,(H,13,14);3*1-2H3. The summed E-state index contributed by atoms with van der Waals surface area (Å²) in [5.41, 5.74) is 7.59. The summed E-state index contributed by atoms with van der Waals surface area (Å²) in [4.78, 5) is 18.3. The third-order valence-electron chi connectivity index (χ3n) is 2.50. The average Bonchev–Trinajstić information content (AvgIpc) is 2.96. The van der Waals surface area contributed by atoms with Crippen LogP contribution in [0.1, 0.15) is 54.0 Å². The van der Waals surface area contributed by atoms with Crippen LogP contribution in [-0.4, -0.2) is 21.8 Å². The van der Waals surface area contributed by atoms with Crippen LogP contribution in [0.25, 0.3) is 11.0 Å². The number of nitrogens with one attached hydrogen (secondary N) is 1. The summed E-state index contributed by atoms with van der Waals surface area (Å²) in [7, 11) is 0. The Morgan fingerprint density at radius 1 is 1.24 bits per heavy atom. The number of H-pyrrole nitrogens is 1. The summed E-state index contributed by atoms with van der Waals surface area (Å²) < 4.78 is 0. The number of Topliss-reactive ketones (excluding diaryl/α,β-unsaturated/α-hetero) is 1. The maximum absolute atomic E-state index is 11.1. The largest absolute Gasteiger partial charge is 0.346 e. The highest BCUT2D eigenvalue weighted by molar-refractivity contribution is 5.84. The van der Waals surface area contributed by atoms with E-state index >= 15 is 0 Å². The second kappa shape index (κ2) is 13.3. The maximum Gasteiger partial charge on any atom is 0.146 e. The molecule has 0 aliphatic carbocycles. The fourth-order valence-electron chi connectivity index (χ4n) is 1.56. The summed E-state index contributed by atoms with van der Waals surface area (Å²) in [6.45, 7) is 13.5. The molecular weight excluding hydrogens is 262 g/mol. The van der Waals surface area contributed by atoms with Crippen molar-refractivity contribution in [2.45, 2.75) is 60.9 Å². The number of nitrogens with two attached hydrogens (primary N) is 1. The predicted octanol–water partition coefficient (Wildman–Crippen LogP) is 4.10. The Kier molecular flexibility index (Phi) is 13.7. The molecular formula is C17H31N3O. The van der Waals surface area contributed by atoms with Crippen LogP contribution in [0.5, 0.6) is 0 Å². The summed E-state index contributed by atoms with van der Waals surface area (Å²) in [6.07, 6.45) is 4.15. The summed E-state index contributed by atoms with van der Waals surface area (Å²) in [5.74, 6) is 0.00763. The van der Waals surface area contributed by atoms with Gasteiger partial charge in [0.2, 0.25) is 0 Å². The van der Waals surface area contributed by atoms with Crippen LogP contribution in [0, 0.1) is 0 Å². The highest BCUT2D eigenvalue weighted by atomic mass is 16.1. The van der Waals surface area contributed by atoms with Gasteiger partial charge in [0.15, 0.2) is 0 Å². The highest BCUT2D eigenvalue weighted by Crippen LogP contribution is 2.16. The van der Waals surface area contributed by atoms with Crippen molar-refractivity contribution in [3.8, 4) is 0 Å². The molecule has 2 heterocycles. The van der Waals surface area contributed by atoms with Crippen LogP contribution >= 0.6 is 0 Å². The molecule has 4 nitrogen and oxygen atoms in total. The van der Waals surface area contributed by atoms with Crippen LogP contribution in [0.3, 0.4) is 0 Å². The molecule has 3 N–H and O–H groups in total. The topological polar surface area (TPSA) is 71.8 Å². The van der Waals surface area contributed by atoms with Gasteiger partial charge in [-0.2, -0.15) is 0 Å². The molecule has 120 valence electrons. The molecule has 0 aliphatic heterocycles. The number of pyridine rings is 1. The number of rotatable bonds is 3. The third-order valence-corrected chi connectivity index (χ3v) is 2.50. The van der Waals surface area contributed by atoms with Gasteiger partial charge < -0.3 is 10.7 Å². The lowest BCUT2D eigenvalue weighted by Crippen LogP contribution is -2.30. The first-order valence-electron chi connectivity index (χ1n) is 7.85. The van der Waals surface area contributed by atoms with E-state index in [2.05, 4.69) is 9.97 Å². The van der Waals surface area contributed by atoms with Crippen molar-refractivity contribution in [1.29, 1.82) is 0 Å². The molecule has 0 aliphatic rings. The Balaban J connectivity index is 0. The van der Waals surface area contributed by atoms with Crippen LogP contribution in [0.4, 0.5) is 0 Å². The molecule has 0 bridgehead atoms. The SMILES string of the molecule is CC.CC.CC.CC(=O)C(N)Cc1c[nH]c2ncccc12. The molecule has 0 saturated heterocycles. The Morgan fingerprint density at radius 3 is 2.33 bits per heavy atom. The minimum atomic E-state index is -0.427. The first kappa shape index (κ1) is 21.6. The fourth-order valence-corrected chi connectivity index (χ4v) is 1.56. The normalized spacial score (nSPS) is 10.1. The Hall–Kier alpha value is -1.68. The van der Waals surface area contributed by atoms with E-state index in [-0.39, 0.29) is 5.78 Å². The molecule has 0 fully saturated rings. The molecule has 0 aromatic carbocycles. The van der Waals surface area contributed by atoms with Crippen LogP contribution in [0.15, 0.2) is 24.5 Å². The second-order valence-corrected chi connectivity index (χ2v) is 3.63. The van der Waals surface area contributed by atoms with E-state index in [0.717, 1.165) is 16.6 Å². The molecule has 2 aromatic heterocycles. The smallest absolute Gasteiger partial charge is 0.146 e. The minimum absolute atomic E-state index is 0.00763. The van der Waals surface area contributed by atoms with Gasteiger partial charge in [-0.05, 0) is 31.0 Å². The number of carbonyl (C=O) groups is 1. The summed E-state index contributed by atoms with van der Waals surface area (Å²) in [5, 5.41) is 1.04. The van der Waals surface area contributed by atoms with E-state index < -0.39 is 6.04 Å². The average molecular weight is 293 g/mol. The van der Waals surface area contributed by atoms with Crippen molar-refractivity contribution in [2.24, 2.45) is 5.73 Å². The van der Waals surface area contributed by atoms with E-state index in [4.69, 9.17) is 5.73 Å². The van der Waals surface area contributed by atoms with Gasteiger partial charge in [0, 0.05) is 17.8 Å². The van der Waals surface area contributed by atoms with Crippen LogP contribution in [0.2, 0.25) is 0 Å². The van der Waals surface area contributed by atoms with Gasteiger partial charge >= 0.3 is 0 Å². The quantitative estimate of drug-likeness (QED) is 0.895. The number of ketones is 1. The Morgan fingerprint density at radius 2 is 1.81 bits per heavy atom. The lowest BCUT2D eigenvalue weighted by molar-refractivity contribution is -0.118. The maximum atomic E-state index is 11.1. The van der Waals surface area contributed by atoms with Crippen molar-refractivity contribution >= 4 is 16.8 Å². The molecule has 2 aromatic rings. The predicted molar refractivity (Wildman–Crippen MR) is 92.5 cm³/mol. The minimum Gasteiger partial charge on any atom is -0.346 e. The van der Waals surface area contributed by atoms with Crippen molar-refractivity contribution < 1.29 is 4.79 Å². The fraction of sp³-hybridized carbons (Fsp3) is 0.529. The van der Waals surface area contributed by atoms with E-state index in [1.165, 1.54) is 6.92 Å². The van der Waals surface area contributed by atoms with E-state index in [1.54, 1.807) is 6.20 Å². The zero-order chi connectivity index (χ0) is 16.8. The number of fused-ring (bicyclic) bond motifs is 1. The molecule has 1 atom stereocenters. The lowest BCUT2D eigenvalue weighted by atomic mass is 10.0. The van der Waals surface area contributed by atoms with E-state index in [0.29, 0.717) is 6.42 Å². The summed E-state index contributed by atoms with van der Waals surface area (Å²) >= 11 is 0. The molecule has 0 saturated carbocycles. The van der Waals surface area contributed by atoms with Crippen molar-refractivity contribution in [2.75, 3.05) is 0 Å². The van der Waals surface area contributed by atoms with Gasteiger partial charge in [0.1, 0.15) is 11.4 Å². The Bertz CT molecular complexity index is 491. The number of hydrogen-bond acceptors (Lipinski definition) is 3. The van der Waals surface area contributed by atoms with Gasteiger partial charge in [-0.15, -0.1) is 0 Å². The number of hydrogen-bond donors (Lipinski definition) is 2. The van der Waals surface area contributed by atoms with Gasteiger partial charge in [-0.25, -0.2) is 4.98 Å². The Labute approximate surface area is 129 Å². The first-order chi connectivity index (χ1) is 10.2. The van der Waals surface area contributed by atoms with Gasteiger partial charge in [-0.1, -0.05) is 41.5 Å². The second-order valence-electron chi connectivity index (χ2n) is 3.63. The van der Waals surface area contributed by atoms with Crippen molar-refractivity contribution in [3.05, 3.63) is 30.1 Å². The van der Waals surface area contributed by atoms with E-state index in [9.17, 15) is 4.79 Å². The number of nitrogens with zero attached hydrogens (tertiary/aromatic N) is 1. The van der Waals surface area contributed by atoms with Gasteiger partial charge in [0.25, 0.3) is 0 Å². The molecule has 0 spiro atoms. The van der Waals surface area contributed by atoms with Crippen molar-refractivity contribution in [1.82, 2.24) is 9.97 Å². The third kappa shape index (κ3) is 7.04. The zero-order valence-electron chi connectivity index (χ0n) is 14.5. The number of carbonyl (C=O) groups excluding carboxylic acids is 1. The monoisotopic (exact) mass is 293 g/mol. The summed E-state index contributed by atoms with van der Waals surface area (Å²) in [6, 6.07) is 3.42. The molecule has 0 amide bonds. The van der Waals surface area contributed by atoms with Crippen LogP contribution in [-0.2, 0) is 11.2 Å². The number of aromatic nitrogens is 2. The first-order valence-corrected chi connectivity index (χ1v) is 7.85. The molecule has 4 heteroatoms.